The molecule has 0 radical (unpaired) electrons. The van der Waals surface area contributed by atoms with Gasteiger partial charge in [0.2, 0.25) is 0 Å². The van der Waals surface area contributed by atoms with Crippen molar-refractivity contribution < 1.29 is 9.50 Å². The number of nitrogens with zero attached hydrogens (tertiary/aromatic N) is 1. The summed E-state index contributed by atoms with van der Waals surface area (Å²) in [6, 6.07) is 11.4. The van der Waals surface area contributed by atoms with Crippen LogP contribution in [0.5, 0.6) is 0 Å². The number of aromatic nitrogens is 1. The fraction of sp³-hybridized carbons (Fsp3) is 0.118. The molecule has 1 atom stereocenters. The molecule has 1 unspecified atom stereocenters. The summed E-state index contributed by atoms with van der Waals surface area (Å²) in [7, 11) is 0. The van der Waals surface area contributed by atoms with Gasteiger partial charge in [0.15, 0.2) is 5.82 Å². The molecule has 3 nitrogen and oxygen atoms in total. The molecule has 23 heavy (non-hydrogen) atoms. The first kappa shape index (κ1) is 16.0. The van der Waals surface area contributed by atoms with Crippen LogP contribution in [0.25, 0.3) is 10.9 Å². The van der Waals surface area contributed by atoms with Crippen molar-refractivity contribution in [2.45, 2.75) is 6.04 Å². The molecule has 0 saturated carbocycles. The average Bonchev–Trinajstić information content (AvgIpc) is 2.56. The molecule has 0 aliphatic rings. The third-order valence-electron chi connectivity index (χ3n) is 3.58. The Morgan fingerprint density at radius 1 is 1.09 bits per heavy atom. The van der Waals surface area contributed by atoms with Crippen LogP contribution >= 0.6 is 23.2 Å². The number of hydrogen-bond acceptors (Lipinski definition) is 3. The van der Waals surface area contributed by atoms with Crippen LogP contribution in [0.2, 0.25) is 10.0 Å². The van der Waals surface area contributed by atoms with Gasteiger partial charge in [-0.1, -0.05) is 35.3 Å². The lowest BCUT2D eigenvalue weighted by atomic mass is 10.1. The molecule has 3 rings (SSSR count). The van der Waals surface area contributed by atoms with Gasteiger partial charge in [-0.15, -0.1) is 0 Å². The zero-order valence-electron chi connectivity index (χ0n) is 11.9. The molecule has 0 fully saturated rings. The highest BCUT2D eigenvalue weighted by molar-refractivity contribution is 6.35. The summed E-state index contributed by atoms with van der Waals surface area (Å²) in [4.78, 5) is 4.04. The van der Waals surface area contributed by atoms with E-state index >= 15 is 0 Å². The third-order valence-corrected chi connectivity index (χ3v) is 4.16. The van der Waals surface area contributed by atoms with E-state index in [1.54, 1.807) is 42.5 Å². The van der Waals surface area contributed by atoms with E-state index in [-0.39, 0.29) is 17.8 Å². The minimum atomic E-state index is -0.502. The minimum absolute atomic E-state index is 0.190. The maximum Gasteiger partial charge on any atom is 0.172 e. The largest absolute Gasteiger partial charge is 0.394 e. The Bertz CT molecular complexity index is 840. The minimum Gasteiger partial charge on any atom is -0.394 e. The van der Waals surface area contributed by atoms with Crippen LogP contribution in [-0.4, -0.2) is 16.7 Å². The van der Waals surface area contributed by atoms with E-state index in [0.29, 0.717) is 15.4 Å². The topological polar surface area (TPSA) is 45.1 Å². The number of aliphatic hydroxyl groups excluding tert-OH is 1. The van der Waals surface area contributed by atoms with Gasteiger partial charge in [-0.05, 0) is 35.9 Å². The highest BCUT2D eigenvalue weighted by Crippen LogP contribution is 2.30. The molecular weight excluding hydrogens is 338 g/mol. The van der Waals surface area contributed by atoms with E-state index < -0.39 is 11.9 Å². The van der Waals surface area contributed by atoms with Crippen molar-refractivity contribution in [1.29, 1.82) is 0 Å². The van der Waals surface area contributed by atoms with Crippen molar-refractivity contribution in [3.05, 3.63) is 70.1 Å². The summed E-state index contributed by atoms with van der Waals surface area (Å²) < 4.78 is 14.6. The molecule has 0 aliphatic heterocycles. The predicted octanol–water partition coefficient (Wildman–Crippen LogP) is 4.83. The molecule has 118 valence electrons. The number of benzene rings is 2. The Balaban J connectivity index is 1.96. The van der Waals surface area contributed by atoms with Gasteiger partial charge in [-0.3, -0.25) is 4.98 Å². The summed E-state index contributed by atoms with van der Waals surface area (Å²) in [5, 5.41) is 14.2. The van der Waals surface area contributed by atoms with Crippen LogP contribution in [0.1, 0.15) is 11.6 Å². The first-order chi connectivity index (χ1) is 11.1. The lowest BCUT2D eigenvalue weighted by molar-refractivity contribution is 0.276. The molecule has 3 aromatic rings. The Labute approximate surface area is 142 Å². The SMILES string of the molecule is OCC(Nc1ccc2c(Cl)ccnc2c1F)c1ccc(Cl)cc1. The predicted molar refractivity (Wildman–Crippen MR) is 91.6 cm³/mol. The Morgan fingerprint density at radius 2 is 1.83 bits per heavy atom. The highest BCUT2D eigenvalue weighted by Gasteiger charge is 2.15. The van der Waals surface area contributed by atoms with Crippen molar-refractivity contribution in [1.82, 2.24) is 4.98 Å². The van der Waals surface area contributed by atoms with Gasteiger partial charge in [0, 0.05) is 16.6 Å². The van der Waals surface area contributed by atoms with Gasteiger partial charge >= 0.3 is 0 Å². The Hall–Kier alpha value is -1.88. The maximum atomic E-state index is 14.6. The Morgan fingerprint density at radius 3 is 2.52 bits per heavy atom. The van der Waals surface area contributed by atoms with E-state index in [1.165, 1.54) is 6.20 Å². The van der Waals surface area contributed by atoms with Crippen LogP contribution in [-0.2, 0) is 0 Å². The van der Waals surface area contributed by atoms with Gasteiger partial charge in [-0.2, -0.15) is 0 Å². The van der Waals surface area contributed by atoms with Gasteiger partial charge in [0.05, 0.1) is 23.4 Å². The van der Waals surface area contributed by atoms with Crippen molar-refractivity contribution in [3.8, 4) is 0 Å². The van der Waals surface area contributed by atoms with Crippen LogP contribution in [0, 0.1) is 5.82 Å². The van der Waals surface area contributed by atoms with Gasteiger partial charge < -0.3 is 10.4 Å². The monoisotopic (exact) mass is 350 g/mol. The molecule has 1 heterocycles. The van der Waals surface area contributed by atoms with Crippen molar-refractivity contribution in [2.24, 2.45) is 0 Å². The Kier molecular flexibility index (Phi) is 4.66. The number of halogens is 3. The highest BCUT2D eigenvalue weighted by atomic mass is 35.5. The molecular formula is C17H13Cl2FN2O. The number of pyridine rings is 1. The zero-order chi connectivity index (χ0) is 16.4. The zero-order valence-corrected chi connectivity index (χ0v) is 13.4. The number of aliphatic hydroxyl groups is 1. The molecule has 2 N–H and O–H groups in total. The molecule has 0 bridgehead atoms. The second-order valence-electron chi connectivity index (χ2n) is 5.05. The summed E-state index contributed by atoms with van der Waals surface area (Å²) in [5.74, 6) is -0.502. The van der Waals surface area contributed by atoms with Gasteiger partial charge in [0.25, 0.3) is 0 Å². The van der Waals surface area contributed by atoms with Crippen LogP contribution in [0.3, 0.4) is 0 Å². The molecule has 2 aromatic carbocycles. The van der Waals surface area contributed by atoms with E-state index in [1.807, 2.05) is 0 Å². The van der Waals surface area contributed by atoms with Gasteiger partial charge in [0.1, 0.15) is 5.52 Å². The number of anilines is 1. The lowest BCUT2D eigenvalue weighted by Crippen LogP contribution is -2.15. The number of hydrogen-bond donors (Lipinski definition) is 2. The first-order valence-electron chi connectivity index (χ1n) is 6.95. The molecule has 0 spiro atoms. The second-order valence-corrected chi connectivity index (χ2v) is 5.89. The van der Waals surface area contributed by atoms with Crippen LogP contribution < -0.4 is 5.32 Å². The maximum absolute atomic E-state index is 14.6. The fourth-order valence-corrected chi connectivity index (χ4v) is 2.71. The standard InChI is InChI=1S/C17H13Cl2FN2O/c18-11-3-1-10(2-4-11)15(9-23)22-14-6-5-12-13(19)7-8-21-17(12)16(14)20/h1-8,15,22-23H,9H2. The molecule has 1 aromatic heterocycles. The van der Waals surface area contributed by atoms with Crippen LogP contribution in [0.15, 0.2) is 48.7 Å². The van der Waals surface area contributed by atoms with E-state index in [4.69, 9.17) is 23.2 Å². The number of nitrogens with one attached hydrogen (secondary N) is 1. The summed E-state index contributed by atoms with van der Waals surface area (Å²) in [5.41, 5.74) is 1.24. The van der Waals surface area contributed by atoms with E-state index in [2.05, 4.69) is 10.3 Å². The number of fused-ring (bicyclic) bond motifs is 1. The summed E-state index contributed by atoms with van der Waals surface area (Å²) in [6.07, 6.45) is 1.46. The van der Waals surface area contributed by atoms with Crippen molar-refractivity contribution in [3.63, 3.8) is 0 Å². The summed E-state index contributed by atoms with van der Waals surface area (Å²) in [6.45, 7) is -0.192. The molecule has 6 heteroatoms. The van der Waals surface area contributed by atoms with Crippen molar-refractivity contribution in [2.75, 3.05) is 11.9 Å². The number of rotatable bonds is 4. The average molecular weight is 351 g/mol. The molecule has 0 saturated heterocycles. The fourth-order valence-electron chi connectivity index (χ4n) is 2.38. The first-order valence-corrected chi connectivity index (χ1v) is 7.71. The second kappa shape index (κ2) is 6.71. The lowest BCUT2D eigenvalue weighted by Gasteiger charge is -2.19. The smallest absolute Gasteiger partial charge is 0.172 e. The normalized spacial score (nSPS) is 12.3. The van der Waals surface area contributed by atoms with Crippen molar-refractivity contribution >= 4 is 39.8 Å². The molecule has 0 aliphatic carbocycles. The van der Waals surface area contributed by atoms with Crippen LogP contribution in [0.4, 0.5) is 10.1 Å². The summed E-state index contributed by atoms with van der Waals surface area (Å²) >= 11 is 11.9. The third kappa shape index (κ3) is 3.24. The quantitative estimate of drug-likeness (QED) is 0.708. The van der Waals surface area contributed by atoms with Gasteiger partial charge in [-0.25, -0.2) is 4.39 Å². The van der Waals surface area contributed by atoms with E-state index in [9.17, 15) is 9.50 Å². The molecule has 0 amide bonds. The van der Waals surface area contributed by atoms with E-state index in [0.717, 1.165) is 5.56 Å².